The predicted octanol–water partition coefficient (Wildman–Crippen LogP) is 1.13. The summed E-state index contributed by atoms with van der Waals surface area (Å²) in [6.45, 7) is 3.38. The van der Waals surface area contributed by atoms with Crippen molar-refractivity contribution >= 4 is 11.6 Å². The number of nitrogens with two attached hydrogens (primary N) is 1. The Morgan fingerprint density at radius 2 is 2.47 bits per heavy atom. The van der Waals surface area contributed by atoms with Crippen LogP contribution >= 0.6 is 0 Å². The second-order valence-electron chi connectivity index (χ2n) is 4.48. The van der Waals surface area contributed by atoms with Gasteiger partial charge in [-0.2, -0.15) is 0 Å². The number of hydrogen-bond acceptors (Lipinski definition) is 4. The molecule has 0 radical (unpaired) electrons. The van der Waals surface area contributed by atoms with Gasteiger partial charge < -0.3 is 10.3 Å². The van der Waals surface area contributed by atoms with E-state index in [-0.39, 0.29) is 11.8 Å². The second-order valence-corrected chi connectivity index (χ2v) is 4.48. The van der Waals surface area contributed by atoms with Crippen molar-refractivity contribution in [1.82, 2.24) is 9.88 Å². The topological polar surface area (TPSA) is 71.2 Å². The molecule has 5 heteroatoms. The quantitative estimate of drug-likeness (QED) is 0.607. The van der Waals surface area contributed by atoms with Crippen LogP contribution in [0.2, 0.25) is 0 Å². The van der Waals surface area contributed by atoms with Gasteiger partial charge in [-0.3, -0.25) is 15.6 Å². The summed E-state index contributed by atoms with van der Waals surface area (Å²) in [5, 5.41) is 0. The van der Waals surface area contributed by atoms with Crippen molar-refractivity contribution in [2.75, 3.05) is 12.0 Å². The molecular formula is C12H18N4O. The average molecular weight is 234 g/mol. The molecule has 1 aromatic heterocycles. The summed E-state index contributed by atoms with van der Waals surface area (Å²) in [5.41, 5.74) is 4.26. The van der Waals surface area contributed by atoms with E-state index in [0.29, 0.717) is 6.54 Å². The molecule has 2 rings (SSSR count). The van der Waals surface area contributed by atoms with Gasteiger partial charge in [0.1, 0.15) is 0 Å². The molecule has 1 saturated heterocycles. The van der Waals surface area contributed by atoms with Gasteiger partial charge in [-0.25, -0.2) is 0 Å². The Morgan fingerprint density at radius 1 is 1.65 bits per heavy atom. The number of hydrogen-bond donors (Lipinski definition) is 2. The van der Waals surface area contributed by atoms with Gasteiger partial charge in [-0.15, -0.1) is 0 Å². The summed E-state index contributed by atoms with van der Waals surface area (Å²) in [6.07, 6.45) is 3.76. The van der Waals surface area contributed by atoms with Crippen LogP contribution in [0.3, 0.4) is 0 Å². The van der Waals surface area contributed by atoms with Gasteiger partial charge in [-0.05, 0) is 25.0 Å². The highest BCUT2D eigenvalue weighted by Gasteiger charge is 2.25. The van der Waals surface area contributed by atoms with E-state index in [1.54, 1.807) is 12.3 Å². The molecule has 1 fully saturated rings. The predicted molar refractivity (Wildman–Crippen MR) is 65.9 cm³/mol. The molecule has 17 heavy (non-hydrogen) atoms. The Kier molecular flexibility index (Phi) is 3.58. The number of carbonyl (C=O) groups is 1. The van der Waals surface area contributed by atoms with E-state index < -0.39 is 0 Å². The van der Waals surface area contributed by atoms with Crippen molar-refractivity contribution in [1.29, 1.82) is 0 Å². The molecule has 0 spiro atoms. The normalized spacial score (nSPS) is 20.5. The first-order valence-corrected chi connectivity index (χ1v) is 5.91. The number of nitrogens with one attached hydrogen (secondary N) is 1. The SMILES string of the molecule is CC1CCCN(Cc2cc(NN)ccn2)C1=O. The number of piperidine rings is 1. The monoisotopic (exact) mass is 234 g/mol. The number of nitrogens with zero attached hydrogens (tertiary/aromatic N) is 2. The summed E-state index contributed by atoms with van der Waals surface area (Å²) in [5.74, 6) is 5.71. The molecule has 3 N–H and O–H groups in total. The van der Waals surface area contributed by atoms with Gasteiger partial charge in [0.25, 0.3) is 0 Å². The van der Waals surface area contributed by atoms with Crippen LogP contribution in [-0.4, -0.2) is 22.3 Å². The van der Waals surface area contributed by atoms with Gasteiger partial charge in [-0.1, -0.05) is 6.92 Å². The third kappa shape index (κ3) is 2.74. The van der Waals surface area contributed by atoms with E-state index in [0.717, 1.165) is 30.8 Å². The number of aromatic nitrogens is 1. The molecule has 0 aromatic carbocycles. The van der Waals surface area contributed by atoms with Crippen LogP contribution in [0, 0.1) is 5.92 Å². The number of hydrazine groups is 1. The molecule has 1 amide bonds. The van der Waals surface area contributed by atoms with E-state index in [4.69, 9.17) is 5.84 Å². The summed E-state index contributed by atoms with van der Waals surface area (Å²) < 4.78 is 0. The third-order valence-electron chi connectivity index (χ3n) is 3.13. The minimum absolute atomic E-state index is 0.138. The molecule has 1 aliphatic rings. The maximum atomic E-state index is 11.9. The van der Waals surface area contributed by atoms with Crippen molar-refractivity contribution in [2.45, 2.75) is 26.3 Å². The van der Waals surface area contributed by atoms with Gasteiger partial charge in [0.2, 0.25) is 5.91 Å². The molecule has 0 aliphatic carbocycles. The van der Waals surface area contributed by atoms with Crippen molar-refractivity contribution in [3.05, 3.63) is 24.0 Å². The fourth-order valence-corrected chi connectivity index (χ4v) is 2.14. The van der Waals surface area contributed by atoms with E-state index in [1.807, 2.05) is 17.9 Å². The van der Waals surface area contributed by atoms with Crippen LogP contribution in [0.15, 0.2) is 18.3 Å². The third-order valence-corrected chi connectivity index (χ3v) is 3.13. The lowest BCUT2D eigenvalue weighted by Crippen LogP contribution is -2.39. The fourth-order valence-electron chi connectivity index (χ4n) is 2.14. The van der Waals surface area contributed by atoms with Gasteiger partial charge in [0, 0.05) is 18.7 Å². The minimum atomic E-state index is 0.138. The highest BCUT2D eigenvalue weighted by Crippen LogP contribution is 2.19. The number of nitrogen functional groups attached to an aromatic ring is 1. The highest BCUT2D eigenvalue weighted by molar-refractivity contribution is 5.79. The molecule has 0 saturated carbocycles. The largest absolute Gasteiger partial charge is 0.337 e. The first kappa shape index (κ1) is 11.9. The summed E-state index contributed by atoms with van der Waals surface area (Å²) in [4.78, 5) is 18.1. The molecule has 2 heterocycles. The maximum Gasteiger partial charge on any atom is 0.225 e. The standard InChI is InChI=1S/C12H18N4O/c1-9-3-2-6-16(12(9)17)8-11-7-10(15-13)4-5-14-11/h4-5,7,9H,2-3,6,8,13H2,1H3,(H,14,15). The fraction of sp³-hybridized carbons (Fsp3) is 0.500. The zero-order valence-corrected chi connectivity index (χ0v) is 10.0. The lowest BCUT2D eigenvalue weighted by molar-refractivity contribution is -0.138. The number of amides is 1. The van der Waals surface area contributed by atoms with Crippen molar-refractivity contribution in [2.24, 2.45) is 11.8 Å². The Labute approximate surface area is 101 Å². The van der Waals surface area contributed by atoms with Crippen LogP contribution in [-0.2, 0) is 11.3 Å². The Hall–Kier alpha value is -1.62. The smallest absolute Gasteiger partial charge is 0.225 e. The maximum absolute atomic E-state index is 11.9. The summed E-state index contributed by atoms with van der Waals surface area (Å²) in [7, 11) is 0. The van der Waals surface area contributed by atoms with Crippen molar-refractivity contribution in [3.63, 3.8) is 0 Å². The minimum Gasteiger partial charge on any atom is -0.337 e. The number of anilines is 1. The van der Waals surface area contributed by atoms with Crippen molar-refractivity contribution in [3.8, 4) is 0 Å². The van der Waals surface area contributed by atoms with E-state index in [9.17, 15) is 4.79 Å². The highest BCUT2D eigenvalue weighted by atomic mass is 16.2. The average Bonchev–Trinajstić information content (AvgIpc) is 2.35. The second kappa shape index (κ2) is 5.14. The van der Waals surface area contributed by atoms with Crippen LogP contribution < -0.4 is 11.3 Å². The van der Waals surface area contributed by atoms with Gasteiger partial charge in [0.05, 0.1) is 17.9 Å². The molecule has 1 aromatic rings. The number of likely N-dealkylation sites (tertiary alicyclic amines) is 1. The first-order valence-electron chi connectivity index (χ1n) is 5.91. The first-order chi connectivity index (χ1) is 8.20. The van der Waals surface area contributed by atoms with Crippen LogP contribution in [0.1, 0.15) is 25.5 Å². The van der Waals surface area contributed by atoms with Gasteiger partial charge >= 0.3 is 0 Å². The molecule has 92 valence electrons. The lowest BCUT2D eigenvalue weighted by atomic mass is 9.99. The molecule has 1 atom stereocenters. The zero-order valence-electron chi connectivity index (χ0n) is 10.0. The number of pyridine rings is 1. The molecule has 1 aliphatic heterocycles. The lowest BCUT2D eigenvalue weighted by Gasteiger charge is -2.30. The Morgan fingerprint density at radius 3 is 3.24 bits per heavy atom. The van der Waals surface area contributed by atoms with Gasteiger partial charge in [0.15, 0.2) is 0 Å². The van der Waals surface area contributed by atoms with Crippen molar-refractivity contribution < 1.29 is 4.79 Å². The molecule has 0 bridgehead atoms. The molecular weight excluding hydrogens is 216 g/mol. The van der Waals surface area contributed by atoms with E-state index >= 15 is 0 Å². The summed E-state index contributed by atoms with van der Waals surface area (Å²) in [6, 6.07) is 3.66. The van der Waals surface area contributed by atoms with E-state index in [1.165, 1.54) is 0 Å². The molecule has 5 nitrogen and oxygen atoms in total. The molecule has 1 unspecified atom stereocenters. The Bertz CT molecular complexity index is 407. The summed E-state index contributed by atoms with van der Waals surface area (Å²) >= 11 is 0. The van der Waals surface area contributed by atoms with E-state index in [2.05, 4.69) is 10.4 Å². The Balaban J connectivity index is 2.06. The number of carbonyl (C=O) groups excluding carboxylic acids is 1. The number of rotatable bonds is 3. The van der Waals surface area contributed by atoms with Crippen LogP contribution in [0.4, 0.5) is 5.69 Å². The van der Waals surface area contributed by atoms with Crippen LogP contribution in [0.25, 0.3) is 0 Å². The van der Waals surface area contributed by atoms with Crippen LogP contribution in [0.5, 0.6) is 0 Å². The zero-order chi connectivity index (χ0) is 12.3.